The number of thioether (sulfide) groups is 1. The molecule has 0 radical (unpaired) electrons. The molecule has 1 fully saturated rings. The molecule has 0 saturated heterocycles. The van der Waals surface area contributed by atoms with Crippen LogP contribution in [0, 0.1) is 5.92 Å². The van der Waals surface area contributed by atoms with Crippen LogP contribution in [0.4, 0.5) is 0 Å². The highest BCUT2D eigenvalue weighted by Crippen LogP contribution is 2.33. The van der Waals surface area contributed by atoms with Gasteiger partial charge in [-0.25, -0.2) is 9.97 Å². The maximum atomic E-state index is 13.2. The molecule has 0 bridgehead atoms. The molecule has 3 aromatic carbocycles. The summed E-state index contributed by atoms with van der Waals surface area (Å²) in [6.45, 7) is 11.8. The van der Waals surface area contributed by atoms with Crippen LogP contribution in [0.25, 0.3) is 21.9 Å². The number of para-hydroxylation sites is 1. The lowest BCUT2D eigenvalue weighted by molar-refractivity contribution is -0.144. The maximum Gasteiger partial charge on any atom is 0.312 e. The van der Waals surface area contributed by atoms with E-state index in [9.17, 15) is 4.79 Å². The van der Waals surface area contributed by atoms with Crippen molar-refractivity contribution in [2.24, 2.45) is 5.92 Å². The standard InChI is InChI=1S/C40H48N4O2S/c1-5-6-11-36-43-38-35(24-37(45)46-27-31-18-20-32(21-19-31)47-40(2,3)4)42-34-10-8-7-9-33(34)39(38)44(36)26-30-16-14-29(15-17-30)25-41-23-22-28-12-13-28/h7-10,14-21,28,41H,5-6,11-13,22-27H2,1-4H3. The lowest BCUT2D eigenvalue weighted by Crippen LogP contribution is -2.15. The highest BCUT2D eigenvalue weighted by molar-refractivity contribution is 8.00. The Morgan fingerprint density at radius 1 is 0.957 bits per heavy atom. The van der Waals surface area contributed by atoms with Crippen molar-refractivity contribution in [2.75, 3.05) is 6.54 Å². The smallest absolute Gasteiger partial charge is 0.312 e. The van der Waals surface area contributed by atoms with Gasteiger partial charge in [0.2, 0.25) is 0 Å². The summed E-state index contributed by atoms with van der Waals surface area (Å²) in [5.74, 6) is 1.69. The highest BCUT2D eigenvalue weighted by atomic mass is 32.2. The molecule has 6 rings (SSSR count). The van der Waals surface area contributed by atoms with Crippen LogP contribution in [0.2, 0.25) is 0 Å². The van der Waals surface area contributed by atoms with E-state index >= 15 is 0 Å². The van der Waals surface area contributed by atoms with E-state index in [1.165, 1.54) is 35.3 Å². The van der Waals surface area contributed by atoms with Crippen LogP contribution >= 0.6 is 11.8 Å². The largest absolute Gasteiger partial charge is 0.461 e. The van der Waals surface area contributed by atoms with Gasteiger partial charge in [-0.2, -0.15) is 0 Å². The summed E-state index contributed by atoms with van der Waals surface area (Å²) < 4.78 is 8.26. The minimum absolute atomic E-state index is 0.0754. The van der Waals surface area contributed by atoms with E-state index in [0.29, 0.717) is 12.2 Å². The van der Waals surface area contributed by atoms with Crippen molar-refractivity contribution >= 4 is 39.7 Å². The number of carbonyl (C=O) groups excluding carboxylic acids is 1. The number of hydrogen-bond acceptors (Lipinski definition) is 6. The molecule has 0 aliphatic heterocycles. The SMILES string of the molecule is CCCCc1nc2c(CC(=O)OCc3ccc(SC(C)(C)C)cc3)nc3ccccc3c2n1Cc1ccc(CNCCC2CC2)cc1. The molecule has 1 aliphatic carbocycles. The number of pyridine rings is 1. The minimum atomic E-state index is -0.298. The molecule has 0 amide bonds. The highest BCUT2D eigenvalue weighted by Gasteiger charge is 2.22. The number of nitrogens with one attached hydrogen (secondary N) is 1. The van der Waals surface area contributed by atoms with E-state index in [2.05, 4.69) is 86.1 Å². The topological polar surface area (TPSA) is 69.0 Å². The monoisotopic (exact) mass is 648 g/mol. The molecule has 5 aromatic rings. The summed E-state index contributed by atoms with van der Waals surface area (Å²) in [5, 5.41) is 4.66. The van der Waals surface area contributed by atoms with Gasteiger partial charge in [0.15, 0.2) is 0 Å². The summed E-state index contributed by atoms with van der Waals surface area (Å²) in [5.41, 5.74) is 6.89. The van der Waals surface area contributed by atoms with Crippen LogP contribution < -0.4 is 5.32 Å². The number of nitrogens with zero attached hydrogens (tertiary/aromatic N) is 3. The Hall–Kier alpha value is -3.68. The first kappa shape index (κ1) is 33.2. The van der Waals surface area contributed by atoms with Gasteiger partial charge in [0, 0.05) is 34.5 Å². The number of carbonyl (C=O) groups is 1. The summed E-state index contributed by atoms with van der Waals surface area (Å²) in [7, 11) is 0. The van der Waals surface area contributed by atoms with E-state index in [0.717, 1.165) is 71.6 Å². The first-order chi connectivity index (χ1) is 22.8. The summed E-state index contributed by atoms with van der Waals surface area (Å²) in [4.78, 5) is 24.6. The van der Waals surface area contributed by atoms with Gasteiger partial charge in [-0.1, -0.05) is 102 Å². The van der Waals surface area contributed by atoms with Crippen LogP contribution in [0.15, 0.2) is 77.7 Å². The number of aromatic nitrogens is 3. The predicted octanol–water partition coefficient (Wildman–Crippen LogP) is 9.04. The molecule has 2 heterocycles. The Bertz CT molecular complexity index is 1800. The molecule has 0 unspecified atom stereocenters. The Kier molecular flexibility index (Phi) is 10.6. The summed E-state index contributed by atoms with van der Waals surface area (Å²) in [6, 6.07) is 25.4. The summed E-state index contributed by atoms with van der Waals surface area (Å²) in [6.07, 6.45) is 7.18. The van der Waals surface area contributed by atoms with E-state index in [1.54, 1.807) is 0 Å². The van der Waals surface area contributed by atoms with E-state index in [1.807, 2.05) is 36.0 Å². The third-order valence-corrected chi connectivity index (χ3v) is 9.79. The molecular formula is C40H48N4O2S. The number of rotatable bonds is 15. The Morgan fingerprint density at radius 2 is 1.68 bits per heavy atom. The van der Waals surface area contributed by atoms with Crippen molar-refractivity contribution in [1.82, 2.24) is 19.9 Å². The van der Waals surface area contributed by atoms with Crippen molar-refractivity contribution in [3.8, 4) is 0 Å². The normalized spacial score (nSPS) is 13.4. The van der Waals surface area contributed by atoms with Gasteiger partial charge < -0.3 is 14.6 Å². The second-order valence-electron chi connectivity index (χ2n) is 13.9. The van der Waals surface area contributed by atoms with Gasteiger partial charge in [-0.05, 0) is 60.2 Å². The molecular weight excluding hydrogens is 601 g/mol. The number of fused-ring (bicyclic) bond motifs is 3. The van der Waals surface area contributed by atoms with Crippen molar-refractivity contribution in [2.45, 2.75) is 102 Å². The fourth-order valence-electron chi connectivity index (χ4n) is 6.01. The van der Waals surface area contributed by atoms with Crippen molar-refractivity contribution in [1.29, 1.82) is 0 Å². The van der Waals surface area contributed by atoms with Crippen LogP contribution in [0.5, 0.6) is 0 Å². The van der Waals surface area contributed by atoms with E-state index in [4.69, 9.17) is 14.7 Å². The zero-order valence-corrected chi connectivity index (χ0v) is 29.2. The van der Waals surface area contributed by atoms with Gasteiger partial charge in [-0.15, -0.1) is 11.8 Å². The fourth-order valence-corrected chi connectivity index (χ4v) is 6.99. The molecule has 7 heteroatoms. The van der Waals surface area contributed by atoms with Crippen molar-refractivity contribution in [3.05, 3.63) is 101 Å². The first-order valence-electron chi connectivity index (χ1n) is 17.2. The molecule has 6 nitrogen and oxygen atoms in total. The lowest BCUT2D eigenvalue weighted by atomic mass is 10.1. The first-order valence-corrected chi connectivity index (χ1v) is 18.1. The van der Waals surface area contributed by atoms with Crippen LogP contribution in [-0.4, -0.2) is 31.8 Å². The molecule has 0 spiro atoms. The molecule has 246 valence electrons. The van der Waals surface area contributed by atoms with Gasteiger partial charge in [-0.3, -0.25) is 4.79 Å². The van der Waals surface area contributed by atoms with Crippen LogP contribution in [0.3, 0.4) is 0 Å². The number of benzene rings is 3. The Morgan fingerprint density at radius 3 is 2.40 bits per heavy atom. The number of esters is 1. The maximum absolute atomic E-state index is 13.2. The number of hydrogen-bond donors (Lipinski definition) is 1. The molecule has 0 atom stereocenters. The zero-order valence-electron chi connectivity index (χ0n) is 28.4. The number of aryl methyl sites for hydroxylation is 1. The number of ether oxygens (including phenoxy) is 1. The average molecular weight is 649 g/mol. The van der Waals surface area contributed by atoms with Crippen LogP contribution in [-0.2, 0) is 42.1 Å². The lowest BCUT2D eigenvalue weighted by Gasteiger charge is -2.17. The Balaban J connectivity index is 1.22. The fraction of sp³-hybridized carbons (Fsp3) is 0.425. The molecule has 2 aromatic heterocycles. The van der Waals surface area contributed by atoms with Gasteiger partial charge in [0.1, 0.15) is 17.9 Å². The molecule has 1 saturated carbocycles. The quantitative estimate of drug-likeness (QED) is 0.0694. The molecule has 1 N–H and O–H groups in total. The summed E-state index contributed by atoms with van der Waals surface area (Å²) >= 11 is 1.82. The van der Waals surface area contributed by atoms with Crippen molar-refractivity contribution < 1.29 is 9.53 Å². The number of unbranched alkanes of at least 4 members (excludes halogenated alkanes) is 1. The minimum Gasteiger partial charge on any atom is -0.461 e. The van der Waals surface area contributed by atoms with Gasteiger partial charge >= 0.3 is 5.97 Å². The predicted molar refractivity (Wildman–Crippen MR) is 194 cm³/mol. The molecule has 1 aliphatic rings. The second kappa shape index (κ2) is 15.0. The van der Waals surface area contributed by atoms with Crippen LogP contribution in [0.1, 0.15) is 88.0 Å². The van der Waals surface area contributed by atoms with E-state index < -0.39 is 0 Å². The third-order valence-electron chi connectivity index (χ3n) is 8.67. The van der Waals surface area contributed by atoms with Gasteiger partial charge in [0.25, 0.3) is 0 Å². The number of imidazole rings is 1. The second-order valence-corrected chi connectivity index (χ2v) is 15.8. The third kappa shape index (κ3) is 9.02. The molecule has 47 heavy (non-hydrogen) atoms. The average Bonchev–Trinajstić information content (AvgIpc) is 3.81. The van der Waals surface area contributed by atoms with Crippen molar-refractivity contribution in [3.63, 3.8) is 0 Å². The van der Waals surface area contributed by atoms with E-state index in [-0.39, 0.29) is 23.7 Å². The Labute approximate surface area is 283 Å². The zero-order chi connectivity index (χ0) is 32.8. The van der Waals surface area contributed by atoms with Gasteiger partial charge in [0.05, 0.1) is 23.1 Å².